The summed E-state index contributed by atoms with van der Waals surface area (Å²) in [5.74, 6) is 0.637. The smallest absolute Gasteiger partial charge is 0.332 e. The van der Waals surface area contributed by atoms with Crippen LogP contribution in [-0.2, 0) is 23.1 Å². The van der Waals surface area contributed by atoms with Gasteiger partial charge in [-0.1, -0.05) is 6.07 Å². The zero-order valence-electron chi connectivity index (χ0n) is 18.0. The van der Waals surface area contributed by atoms with E-state index in [1.807, 2.05) is 36.6 Å². The number of ether oxygens (including phenoxy) is 2. The summed E-state index contributed by atoms with van der Waals surface area (Å²) in [4.78, 5) is 42.1. The third-order valence-corrected chi connectivity index (χ3v) is 5.37. The van der Waals surface area contributed by atoms with Gasteiger partial charge in [0.15, 0.2) is 11.2 Å². The molecule has 31 heavy (non-hydrogen) atoms. The summed E-state index contributed by atoms with van der Waals surface area (Å²) >= 11 is 0. The Morgan fingerprint density at radius 1 is 1.16 bits per heavy atom. The zero-order chi connectivity index (χ0) is 22.4. The third-order valence-electron chi connectivity index (χ3n) is 5.37. The van der Waals surface area contributed by atoms with Crippen molar-refractivity contribution in [2.24, 2.45) is 7.05 Å². The number of hydrogen-bond acceptors (Lipinski definition) is 6. The first-order valence-corrected chi connectivity index (χ1v) is 9.70. The molecule has 0 radical (unpaired) electrons. The fourth-order valence-electron chi connectivity index (χ4n) is 3.79. The zero-order valence-corrected chi connectivity index (χ0v) is 18.0. The normalized spacial score (nSPS) is 11.4. The van der Waals surface area contributed by atoms with E-state index in [2.05, 4.69) is 9.72 Å². The lowest BCUT2D eigenvalue weighted by atomic mass is 10.2. The molecule has 0 N–H and O–H groups in total. The van der Waals surface area contributed by atoms with Gasteiger partial charge in [-0.25, -0.2) is 4.79 Å². The van der Waals surface area contributed by atoms with Gasteiger partial charge >= 0.3 is 11.7 Å². The standard InChI is InChI=1S/C21H23N5O5/c1-12-6-7-15(30-4)14(10-12)26-13(2)11-25-17-18(22-20(25)26)23(3)21(29)24(19(17)28)9-8-16(27)31-5/h6-7,10-11H,8-9H2,1-5H3. The molecular weight excluding hydrogens is 402 g/mol. The van der Waals surface area contributed by atoms with Gasteiger partial charge in [-0.2, -0.15) is 4.98 Å². The molecule has 0 spiro atoms. The Hall–Kier alpha value is -3.82. The highest BCUT2D eigenvalue weighted by Crippen LogP contribution is 2.28. The minimum absolute atomic E-state index is 0.0766. The highest BCUT2D eigenvalue weighted by Gasteiger charge is 2.22. The van der Waals surface area contributed by atoms with Crippen LogP contribution in [0.25, 0.3) is 22.6 Å². The Morgan fingerprint density at radius 3 is 2.58 bits per heavy atom. The molecule has 0 saturated carbocycles. The third kappa shape index (κ3) is 3.11. The number of imidazole rings is 2. The fraction of sp³-hybridized carbons (Fsp3) is 0.333. The van der Waals surface area contributed by atoms with E-state index in [4.69, 9.17) is 4.74 Å². The molecule has 0 unspecified atom stereocenters. The lowest BCUT2D eigenvalue weighted by molar-refractivity contribution is -0.140. The average Bonchev–Trinajstić information content (AvgIpc) is 3.26. The van der Waals surface area contributed by atoms with Crippen LogP contribution < -0.4 is 16.0 Å². The molecule has 3 aromatic heterocycles. The van der Waals surface area contributed by atoms with Crippen LogP contribution in [0.3, 0.4) is 0 Å². The van der Waals surface area contributed by atoms with E-state index < -0.39 is 17.2 Å². The number of aryl methyl sites for hydroxylation is 3. The van der Waals surface area contributed by atoms with Crippen LogP contribution in [0.2, 0.25) is 0 Å². The summed E-state index contributed by atoms with van der Waals surface area (Å²) in [6.07, 6.45) is 1.71. The van der Waals surface area contributed by atoms with Crippen molar-refractivity contribution in [2.45, 2.75) is 26.8 Å². The molecule has 1 aromatic carbocycles. The predicted octanol–water partition coefficient (Wildman–Crippen LogP) is 1.33. The van der Waals surface area contributed by atoms with Gasteiger partial charge in [0.25, 0.3) is 5.56 Å². The van der Waals surface area contributed by atoms with Crippen molar-refractivity contribution in [3.63, 3.8) is 0 Å². The molecule has 10 heteroatoms. The minimum atomic E-state index is -0.543. The van der Waals surface area contributed by atoms with Gasteiger partial charge in [0.1, 0.15) is 5.75 Å². The Labute approximate surface area is 176 Å². The molecular formula is C21H23N5O5. The molecule has 0 saturated heterocycles. The Balaban J connectivity index is 2.03. The van der Waals surface area contributed by atoms with Crippen molar-refractivity contribution in [2.75, 3.05) is 14.2 Å². The maximum atomic E-state index is 13.2. The monoisotopic (exact) mass is 425 g/mol. The van der Waals surface area contributed by atoms with Gasteiger partial charge in [-0.15, -0.1) is 0 Å². The van der Waals surface area contributed by atoms with Crippen LogP contribution in [0.15, 0.2) is 34.0 Å². The van der Waals surface area contributed by atoms with Crippen LogP contribution in [0, 0.1) is 13.8 Å². The van der Waals surface area contributed by atoms with E-state index in [1.54, 1.807) is 24.8 Å². The van der Waals surface area contributed by atoms with Gasteiger partial charge in [-0.3, -0.25) is 27.7 Å². The van der Waals surface area contributed by atoms with Crippen molar-refractivity contribution in [3.05, 3.63) is 56.5 Å². The van der Waals surface area contributed by atoms with Gasteiger partial charge in [0, 0.05) is 25.5 Å². The SMILES string of the molecule is COC(=O)CCn1c(=O)c2c(nc3n(-c4cc(C)ccc4OC)c(C)cn23)n(C)c1=O. The van der Waals surface area contributed by atoms with Crippen LogP contribution >= 0.6 is 0 Å². The maximum absolute atomic E-state index is 13.2. The quantitative estimate of drug-likeness (QED) is 0.447. The molecule has 0 bridgehead atoms. The van der Waals surface area contributed by atoms with Gasteiger partial charge in [0.2, 0.25) is 5.78 Å². The number of esters is 1. The number of methoxy groups -OCH3 is 2. The number of benzene rings is 1. The van der Waals surface area contributed by atoms with Crippen LogP contribution in [0.1, 0.15) is 17.7 Å². The van der Waals surface area contributed by atoms with E-state index in [0.717, 1.165) is 21.5 Å². The number of carbonyl (C=O) groups is 1. The second-order valence-electron chi connectivity index (χ2n) is 7.36. The number of aromatic nitrogens is 5. The van der Waals surface area contributed by atoms with Crippen molar-refractivity contribution < 1.29 is 14.3 Å². The fourth-order valence-corrected chi connectivity index (χ4v) is 3.79. The van der Waals surface area contributed by atoms with E-state index in [-0.39, 0.29) is 24.1 Å². The molecule has 0 fully saturated rings. The summed E-state index contributed by atoms with van der Waals surface area (Å²) in [6, 6.07) is 5.79. The van der Waals surface area contributed by atoms with E-state index in [9.17, 15) is 14.4 Å². The van der Waals surface area contributed by atoms with Crippen molar-refractivity contribution in [1.82, 2.24) is 23.1 Å². The highest BCUT2D eigenvalue weighted by atomic mass is 16.5. The van der Waals surface area contributed by atoms with Crippen LogP contribution in [0.5, 0.6) is 5.75 Å². The summed E-state index contributed by atoms with van der Waals surface area (Å²) in [5, 5.41) is 0. The first-order valence-electron chi connectivity index (χ1n) is 9.70. The topological polar surface area (TPSA) is 102 Å². The van der Waals surface area contributed by atoms with Crippen molar-refractivity contribution in [1.29, 1.82) is 0 Å². The van der Waals surface area contributed by atoms with E-state index >= 15 is 0 Å². The second-order valence-corrected chi connectivity index (χ2v) is 7.36. The Morgan fingerprint density at radius 2 is 1.90 bits per heavy atom. The molecule has 0 atom stereocenters. The van der Waals surface area contributed by atoms with Crippen LogP contribution in [-0.4, -0.2) is 43.3 Å². The number of nitrogens with zero attached hydrogens (tertiary/aromatic N) is 5. The van der Waals surface area contributed by atoms with Gasteiger partial charge < -0.3 is 9.47 Å². The molecule has 0 amide bonds. The molecule has 4 rings (SSSR count). The first-order chi connectivity index (χ1) is 14.8. The maximum Gasteiger partial charge on any atom is 0.332 e. The first kappa shape index (κ1) is 20.5. The Bertz CT molecular complexity index is 1450. The van der Waals surface area contributed by atoms with Crippen LogP contribution in [0.4, 0.5) is 0 Å². The average molecular weight is 425 g/mol. The molecule has 10 nitrogen and oxygen atoms in total. The molecule has 3 heterocycles. The largest absolute Gasteiger partial charge is 0.495 e. The summed E-state index contributed by atoms with van der Waals surface area (Å²) in [6.45, 7) is 3.80. The molecule has 0 aliphatic rings. The predicted molar refractivity (Wildman–Crippen MR) is 114 cm³/mol. The van der Waals surface area contributed by atoms with Gasteiger partial charge in [-0.05, 0) is 31.5 Å². The highest BCUT2D eigenvalue weighted by molar-refractivity contribution is 5.77. The molecule has 0 aliphatic carbocycles. The second kappa shape index (κ2) is 7.46. The minimum Gasteiger partial charge on any atom is -0.495 e. The molecule has 162 valence electrons. The summed E-state index contributed by atoms with van der Waals surface area (Å²) in [7, 11) is 4.41. The number of hydrogen-bond donors (Lipinski definition) is 0. The number of fused-ring (bicyclic) bond motifs is 3. The van der Waals surface area contributed by atoms with Crippen molar-refractivity contribution >= 4 is 22.9 Å². The molecule has 4 aromatic rings. The summed E-state index contributed by atoms with van der Waals surface area (Å²) < 4.78 is 16.1. The van der Waals surface area contributed by atoms with E-state index in [0.29, 0.717) is 11.5 Å². The lowest BCUT2D eigenvalue weighted by Gasteiger charge is -2.12. The van der Waals surface area contributed by atoms with Crippen molar-refractivity contribution in [3.8, 4) is 11.4 Å². The van der Waals surface area contributed by atoms with Gasteiger partial charge in [0.05, 0.1) is 26.3 Å². The Kier molecular flexibility index (Phi) is 4.92. The van der Waals surface area contributed by atoms with E-state index in [1.165, 1.54) is 11.7 Å². The number of carbonyl (C=O) groups excluding carboxylic acids is 1. The summed E-state index contributed by atoms with van der Waals surface area (Å²) in [5.41, 5.74) is 2.12. The number of rotatable bonds is 5. The lowest BCUT2D eigenvalue weighted by Crippen LogP contribution is -2.39. The molecule has 0 aliphatic heterocycles.